The first-order valence-electron chi connectivity index (χ1n) is 8.56. The van der Waals surface area contributed by atoms with Crippen LogP contribution in [0.1, 0.15) is 34.1 Å². The lowest BCUT2D eigenvalue weighted by Gasteiger charge is -2.22. The predicted octanol–water partition coefficient (Wildman–Crippen LogP) is 5.73. The van der Waals surface area contributed by atoms with Crippen LogP contribution in [0.15, 0.2) is 98.1 Å². The van der Waals surface area contributed by atoms with E-state index in [1.807, 2.05) is 48.6 Å². The number of phenolic OH excluding ortho intramolecular Hbond substituents is 2. The lowest BCUT2D eigenvalue weighted by Crippen LogP contribution is -2.06. The lowest BCUT2D eigenvalue weighted by molar-refractivity contribution is 0.474. The van der Waals surface area contributed by atoms with Crippen molar-refractivity contribution >= 4 is 0 Å². The molecule has 130 valence electrons. The molecule has 2 atom stereocenters. The van der Waals surface area contributed by atoms with Crippen LogP contribution in [-0.2, 0) is 0 Å². The third-order valence-corrected chi connectivity index (χ3v) is 4.64. The summed E-state index contributed by atoms with van der Waals surface area (Å²) in [5.74, 6) is 0.508. The van der Waals surface area contributed by atoms with Crippen LogP contribution in [0.2, 0.25) is 0 Å². The number of rotatable bonds is 6. The number of allylic oxidation sites excluding steroid dienone is 2. The molecule has 26 heavy (non-hydrogen) atoms. The van der Waals surface area contributed by atoms with Gasteiger partial charge in [0, 0.05) is 11.8 Å². The highest BCUT2D eigenvalue weighted by Gasteiger charge is 2.19. The summed E-state index contributed by atoms with van der Waals surface area (Å²) in [5.41, 5.74) is 4.43. The molecule has 0 heterocycles. The first kappa shape index (κ1) is 17.6. The first-order valence-corrected chi connectivity index (χ1v) is 8.56. The zero-order chi connectivity index (χ0) is 18.5. The molecule has 2 heteroatoms. The smallest absolute Gasteiger partial charge is 0.115 e. The SMILES string of the molecule is C=CC(c1ccc(O)cc1)c1ccccc1C(C=C)c1ccc(O)cc1. The highest BCUT2D eigenvalue weighted by atomic mass is 16.3. The normalized spacial score (nSPS) is 12.9. The van der Waals surface area contributed by atoms with Crippen LogP contribution in [0.5, 0.6) is 11.5 Å². The van der Waals surface area contributed by atoms with Crippen molar-refractivity contribution < 1.29 is 10.2 Å². The van der Waals surface area contributed by atoms with E-state index in [0.717, 1.165) is 22.3 Å². The molecule has 2 N–H and O–H groups in total. The molecule has 0 fully saturated rings. The maximum atomic E-state index is 9.57. The predicted molar refractivity (Wildman–Crippen MR) is 107 cm³/mol. The minimum Gasteiger partial charge on any atom is -0.508 e. The molecule has 0 spiro atoms. The van der Waals surface area contributed by atoms with Crippen molar-refractivity contribution in [1.82, 2.24) is 0 Å². The molecule has 2 unspecified atom stereocenters. The lowest BCUT2D eigenvalue weighted by atomic mass is 9.81. The third-order valence-electron chi connectivity index (χ3n) is 4.64. The molecule has 0 aliphatic rings. The summed E-state index contributed by atoms with van der Waals surface area (Å²) >= 11 is 0. The fourth-order valence-corrected chi connectivity index (χ4v) is 3.33. The van der Waals surface area contributed by atoms with Gasteiger partial charge in [-0.1, -0.05) is 60.7 Å². The first-order chi connectivity index (χ1) is 12.6. The van der Waals surface area contributed by atoms with Crippen LogP contribution in [0, 0.1) is 0 Å². The van der Waals surface area contributed by atoms with Gasteiger partial charge in [-0.2, -0.15) is 0 Å². The third kappa shape index (κ3) is 3.55. The van der Waals surface area contributed by atoms with Crippen LogP contribution < -0.4 is 0 Å². The molecule has 3 aromatic carbocycles. The fraction of sp³-hybridized carbons (Fsp3) is 0.0833. The van der Waals surface area contributed by atoms with Crippen LogP contribution in [0.25, 0.3) is 0 Å². The number of benzene rings is 3. The topological polar surface area (TPSA) is 40.5 Å². The van der Waals surface area contributed by atoms with Crippen LogP contribution >= 0.6 is 0 Å². The number of aromatic hydroxyl groups is 2. The van der Waals surface area contributed by atoms with Gasteiger partial charge in [0.15, 0.2) is 0 Å². The average Bonchev–Trinajstić information content (AvgIpc) is 2.67. The van der Waals surface area contributed by atoms with Crippen molar-refractivity contribution in [2.24, 2.45) is 0 Å². The van der Waals surface area contributed by atoms with Crippen molar-refractivity contribution in [1.29, 1.82) is 0 Å². The van der Waals surface area contributed by atoms with Gasteiger partial charge in [0.25, 0.3) is 0 Å². The van der Waals surface area contributed by atoms with Gasteiger partial charge < -0.3 is 10.2 Å². The maximum absolute atomic E-state index is 9.57. The van der Waals surface area contributed by atoms with E-state index in [2.05, 4.69) is 25.3 Å². The number of hydrogen-bond acceptors (Lipinski definition) is 2. The van der Waals surface area contributed by atoms with Crippen LogP contribution in [0.3, 0.4) is 0 Å². The molecule has 2 nitrogen and oxygen atoms in total. The van der Waals surface area contributed by atoms with Crippen LogP contribution in [0.4, 0.5) is 0 Å². The summed E-state index contributed by atoms with van der Waals surface area (Å²) in [7, 11) is 0. The van der Waals surface area contributed by atoms with Crippen molar-refractivity contribution in [2.45, 2.75) is 11.8 Å². The largest absolute Gasteiger partial charge is 0.508 e. The molecule has 0 saturated heterocycles. The zero-order valence-electron chi connectivity index (χ0n) is 14.5. The molecule has 0 aliphatic carbocycles. The van der Waals surface area contributed by atoms with Gasteiger partial charge in [-0.3, -0.25) is 0 Å². The van der Waals surface area contributed by atoms with Gasteiger partial charge in [0.2, 0.25) is 0 Å². The molecule has 0 amide bonds. The highest BCUT2D eigenvalue weighted by molar-refractivity contribution is 5.48. The Bertz CT molecular complexity index is 816. The molecule has 0 radical (unpaired) electrons. The molecule has 3 rings (SSSR count). The van der Waals surface area contributed by atoms with Crippen LogP contribution in [-0.4, -0.2) is 10.2 Å². The summed E-state index contributed by atoms with van der Waals surface area (Å²) in [6.07, 6.45) is 3.84. The Balaban J connectivity index is 2.08. The van der Waals surface area contributed by atoms with E-state index in [9.17, 15) is 10.2 Å². The van der Waals surface area contributed by atoms with E-state index in [1.54, 1.807) is 24.3 Å². The molecule has 0 saturated carbocycles. The molecule has 0 aliphatic heterocycles. The van der Waals surface area contributed by atoms with Gasteiger partial charge in [0.05, 0.1) is 0 Å². The summed E-state index contributed by atoms with van der Waals surface area (Å²) in [6.45, 7) is 8.05. The Morgan fingerprint density at radius 3 is 1.23 bits per heavy atom. The molecule has 0 bridgehead atoms. The number of phenols is 2. The summed E-state index contributed by atoms with van der Waals surface area (Å²) in [5, 5.41) is 19.1. The molecule has 0 aromatic heterocycles. The van der Waals surface area contributed by atoms with Gasteiger partial charge in [-0.25, -0.2) is 0 Å². The Morgan fingerprint density at radius 1 is 0.577 bits per heavy atom. The van der Waals surface area contributed by atoms with Gasteiger partial charge >= 0.3 is 0 Å². The second kappa shape index (κ2) is 7.75. The summed E-state index contributed by atoms with van der Waals surface area (Å²) < 4.78 is 0. The molecule has 3 aromatic rings. The monoisotopic (exact) mass is 342 g/mol. The second-order valence-electron chi connectivity index (χ2n) is 6.24. The minimum absolute atomic E-state index is 0.00589. The molecular weight excluding hydrogens is 320 g/mol. The van der Waals surface area contributed by atoms with Crippen molar-refractivity contribution in [3.8, 4) is 11.5 Å². The zero-order valence-corrected chi connectivity index (χ0v) is 14.5. The van der Waals surface area contributed by atoms with Crippen molar-refractivity contribution in [2.75, 3.05) is 0 Å². The van der Waals surface area contributed by atoms with Gasteiger partial charge in [-0.05, 0) is 46.5 Å². The molecular formula is C24H22O2. The van der Waals surface area contributed by atoms with E-state index in [0.29, 0.717) is 0 Å². The average molecular weight is 342 g/mol. The summed E-state index contributed by atoms with van der Waals surface area (Å²) in [4.78, 5) is 0. The van der Waals surface area contributed by atoms with Gasteiger partial charge in [0.1, 0.15) is 11.5 Å². The Hall–Kier alpha value is -3.26. The van der Waals surface area contributed by atoms with Crippen molar-refractivity contribution in [3.05, 3.63) is 120 Å². The van der Waals surface area contributed by atoms with E-state index >= 15 is 0 Å². The van der Waals surface area contributed by atoms with Gasteiger partial charge in [-0.15, -0.1) is 13.2 Å². The highest BCUT2D eigenvalue weighted by Crippen LogP contribution is 2.36. The van der Waals surface area contributed by atoms with E-state index in [1.165, 1.54) is 0 Å². The van der Waals surface area contributed by atoms with E-state index < -0.39 is 0 Å². The van der Waals surface area contributed by atoms with E-state index in [-0.39, 0.29) is 23.3 Å². The Morgan fingerprint density at radius 2 is 0.923 bits per heavy atom. The Kier molecular flexibility index (Phi) is 5.23. The quantitative estimate of drug-likeness (QED) is 0.561. The fourth-order valence-electron chi connectivity index (χ4n) is 3.33. The Labute approximate surface area is 154 Å². The number of hydrogen-bond donors (Lipinski definition) is 2. The standard InChI is InChI=1S/C24H22O2/c1-3-21(17-9-13-19(25)14-10-17)23-7-5-6-8-24(23)22(4-2)18-11-15-20(26)16-12-18/h3-16,21-22,25-26H,1-2H2. The second-order valence-corrected chi connectivity index (χ2v) is 6.24. The summed E-state index contributed by atoms with van der Waals surface area (Å²) in [6, 6.07) is 22.7. The van der Waals surface area contributed by atoms with E-state index in [4.69, 9.17) is 0 Å². The van der Waals surface area contributed by atoms with Crippen molar-refractivity contribution in [3.63, 3.8) is 0 Å². The maximum Gasteiger partial charge on any atom is 0.115 e. The minimum atomic E-state index is 0.00589.